The van der Waals surface area contributed by atoms with E-state index in [1.165, 1.54) is 18.2 Å². The number of halogens is 11. The Hall–Kier alpha value is -1.08. The second kappa shape index (κ2) is 8.94. The number of hydrogen-bond donors (Lipinski definition) is 1. The van der Waals surface area contributed by atoms with Gasteiger partial charge >= 0.3 is 45.9 Å². The SMILES string of the molecule is CC(C)(C)c1cccc(C=Nc2c(F)c(F)c(S(F)(F)(F)(F)F)c(F)c2F)c1O.[Cl][Ti][Cl]. The molecule has 2 aromatic rings. The van der Waals surface area contributed by atoms with Gasteiger partial charge in [-0.25, -0.2) is 22.6 Å². The number of aromatic hydroxyl groups is 1. The Labute approximate surface area is 193 Å². The van der Waals surface area contributed by atoms with Gasteiger partial charge in [-0.15, -0.1) is 0 Å². The fraction of sp³-hybridized carbons (Fsp3) is 0.235. The van der Waals surface area contributed by atoms with Crippen LogP contribution in [0.2, 0.25) is 0 Å². The maximum absolute atomic E-state index is 13.9. The van der Waals surface area contributed by atoms with E-state index >= 15 is 0 Å². The molecule has 0 fully saturated rings. The second-order valence-corrected chi connectivity index (χ2v) is 12.2. The van der Waals surface area contributed by atoms with E-state index in [-0.39, 0.29) is 5.56 Å². The zero-order valence-electron chi connectivity index (χ0n) is 16.3. The quantitative estimate of drug-likeness (QED) is 0.170. The van der Waals surface area contributed by atoms with E-state index in [2.05, 4.69) is 4.99 Å². The first-order valence-corrected chi connectivity index (χ1v) is 14.3. The molecule has 0 heterocycles. The van der Waals surface area contributed by atoms with Gasteiger partial charge in [-0.2, -0.15) is 0 Å². The fourth-order valence-corrected chi connectivity index (χ4v) is 3.31. The van der Waals surface area contributed by atoms with Gasteiger partial charge in [0, 0.05) is 11.8 Å². The molecule has 0 aromatic heterocycles. The van der Waals surface area contributed by atoms with Crippen molar-refractivity contribution >= 4 is 40.7 Å². The summed E-state index contributed by atoms with van der Waals surface area (Å²) in [6.07, 6.45) is 0.532. The number of aliphatic imine (C=N–C) groups is 1. The first kappa shape index (κ1) is 29.0. The average molecular weight is 570 g/mol. The second-order valence-electron chi connectivity index (χ2n) is 7.23. The number of phenolic OH excluding ortho intramolecular Hbond substituents is 1. The monoisotopic (exact) mass is 569 g/mol. The molecular formula is C17H14Cl2F9NOSTi. The number of nitrogens with zero attached hydrogens (tertiary/aromatic N) is 1. The van der Waals surface area contributed by atoms with Crippen LogP contribution in [0.4, 0.5) is 42.7 Å². The maximum atomic E-state index is 13.9. The van der Waals surface area contributed by atoms with E-state index in [4.69, 9.17) is 18.6 Å². The van der Waals surface area contributed by atoms with E-state index in [1.54, 1.807) is 20.8 Å². The summed E-state index contributed by atoms with van der Waals surface area (Å²) in [7, 11) is -1.30. The van der Waals surface area contributed by atoms with Crippen molar-refractivity contribution in [1.29, 1.82) is 0 Å². The molecule has 0 unspecified atom stereocenters. The molecular weight excluding hydrogens is 556 g/mol. The van der Waals surface area contributed by atoms with Crippen LogP contribution >= 0.6 is 28.8 Å². The summed E-state index contributed by atoms with van der Waals surface area (Å²) in [5.41, 5.74) is -2.32. The Balaban J connectivity index is 0.00000161. The van der Waals surface area contributed by atoms with Crippen LogP contribution < -0.4 is 0 Å². The van der Waals surface area contributed by atoms with Crippen LogP contribution in [0.25, 0.3) is 0 Å². The summed E-state index contributed by atoms with van der Waals surface area (Å²) in [5.74, 6) is -12.6. The molecule has 0 saturated carbocycles. The molecule has 0 aliphatic carbocycles. The molecule has 2 nitrogen and oxygen atoms in total. The molecule has 0 amide bonds. The molecule has 0 atom stereocenters. The van der Waals surface area contributed by atoms with Crippen molar-refractivity contribution < 1.29 is 59.1 Å². The summed E-state index contributed by atoms with van der Waals surface area (Å²) >= 11 is -0.556. The van der Waals surface area contributed by atoms with Gasteiger partial charge in [0.2, 0.25) is 0 Å². The van der Waals surface area contributed by atoms with Gasteiger partial charge in [-0.3, -0.25) is 0 Å². The Morgan fingerprint density at radius 1 is 0.906 bits per heavy atom. The number of benzene rings is 2. The minimum absolute atomic E-state index is 0.186. The fourth-order valence-electron chi connectivity index (χ4n) is 2.46. The normalized spacial score (nSPS) is 14.4. The molecule has 0 saturated heterocycles. The van der Waals surface area contributed by atoms with Crippen molar-refractivity contribution in [2.24, 2.45) is 4.99 Å². The van der Waals surface area contributed by atoms with E-state index in [0.29, 0.717) is 11.8 Å². The third-order valence-electron chi connectivity index (χ3n) is 3.79. The molecule has 1 N–H and O–H groups in total. The van der Waals surface area contributed by atoms with Crippen LogP contribution in [0.5, 0.6) is 5.75 Å². The molecule has 2 aromatic carbocycles. The van der Waals surface area contributed by atoms with E-state index in [1.807, 2.05) is 0 Å². The molecule has 2 rings (SSSR count). The van der Waals surface area contributed by atoms with Crippen molar-refractivity contribution in [1.82, 2.24) is 0 Å². The summed E-state index contributed by atoms with van der Waals surface area (Å²) in [4.78, 5) is -0.884. The van der Waals surface area contributed by atoms with Crippen molar-refractivity contribution in [2.75, 3.05) is 0 Å². The molecule has 15 heteroatoms. The molecule has 0 aliphatic rings. The Kier molecular flexibility index (Phi) is 8.09. The van der Waals surface area contributed by atoms with Crippen molar-refractivity contribution in [2.45, 2.75) is 31.1 Å². The van der Waals surface area contributed by atoms with Gasteiger partial charge in [-0.1, -0.05) is 52.3 Å². The van der Waals surface area contributed by atoms with Crippen LogP contribution in [0.15, 0.2) is 28.1 Å². The van der Waals surface area contributed by atoms with Crippen molar-refractivity contribution in [3.63, 3.8) is 0 Å². The number of para-hydroxylation sites is 1. The molecule has 32 heavy (non-hydrogen) atoms. The van der Waals surface area contributed by atoms with Gasteiger partial charge in [0.15, 0.2) is 28.2 Å². The van der Waals surface area contributed by atoms with Gasteiger partial charge in [0.05, 0.1) is 0 Å². The Morgan fingerprint density at radius 3 is 1.72 bits per heavy atom. The van der Waals surface area contributed by atoms with E-state index < -0.39 is 72.3 Å². The van der Waals surface area contributed by atoms with E-state index in [0.717, 1.165) is 0 Å². The Morgan fingerprint density at radius 2 is 1.34 bits per heavy atom. The predicted octanol–water partition coefficient (Wildman–Crippen LogP) is 9.03. The predicted molar refractivity (Wildman–Crippen MR) is 103 cm³/mol. The van der Waals surface area contributed by atoms with Crippen molar-refractivity contribution in [3.05, 3.63) is 52.6 Å². The van der Waals surface area contributed by atoms with Gasteiger partial charge in [0.25, 0.3) is 0 Å². The number of phenols is 1. The summed E-state index contributed by atoms with van der Waals surface area (Å²) in [6, 6.07) is 4.11. The molecule has 0 radical (unpaired) electrons. The van der Waals surface area contributed by atoms with Crippen molar-refractivity contribution in [3.8, 4) is 5.75 Å². The minimum atomic E-state index is -11.1. The van der Waals surface area contributed by atoms with Crippen LogP contribution in [-0.2, 0) is 22.4 Å². The van der Waals surface area contributed by atoms with E-state index in [9.17, 15) is 42.1 Å². The molecule has 180 valence electrons. The van der Waals surface area contributed by atoms with Crippen LogP contribution in [0.1, 0.15) is 31.9 Å². The van der Waals surface area contributed by atoms with Crippen LogP contribution in [0.3, 0.4) is 0 Å². The third kappa shape index (κ3) is 6.72. The number of hydrogen-bond acceptors (Lipinski definition) is 2. The first-order chi connectivity index (χ1) is 14.2. The Bertz CT molecular complexity index is 1030. The third-order valence-corrected chi connectivity index (χ3v) is 4.92. The van der Waals surface area contributed by atoms with Gasteiger partial charge < -0.3 is 5.11 Å². The van der Waals surface area contributed by atoms with Gasteiger partial charge in [0.1, 0.15) is 11.4 Å². The first-order valence-electron chi connectivity index (χ1n) is 8.10. The molecule has 0 spiro atoms. The average Bonchev–Trinajstić information content (AvgIpc) is 2.58. The zero-order valence-corrected chi connectivity index (χ0v) is 20.2. The topological polar surface area (TPSA) is 32.6 Å². The van der Waals surface area contributed by atoms with Crippen LogP contribution in [0, 0.1) is 23.3 Å². The zero-order chi connectivity index (χ0) is 25.3. The molecule has 0 aliphatic heterocycles. The number of rotatable bonds is 3. The van der Waals surface area contributed by atoms with Gasteiger partial charge in [-0.05, 0) is 17.0 Å². The summed E-state index contributed by atoms with van der Waals surface area (Å²) in [5, 5.41) is 10.2. The summed E-state index contributed by atoms with van der Waals surface area (Å²) in [6.45, 7) is 5.14. The molecule has 0 bridgehead atoms. The standard InChI is InChI=1S/C17H14F9NOS.2ClH.Ti/c1-17(2,3)9-6-4-5-8(15(9)28)7-27-14-10(18)12(20)16(13(21)11(14)19)29(22,23,24,25)26;;;/h4-7,28H,1-3H3;2*1H;/q;;;+2/p-2. The van der Waals surface area contributed by atoms with Crippen LogP contribution in [-0.4, -0.2) is 11.3 Å². The summed E-state index contributed by atoms with van der Waals surface area (Å²) < 4.78 is 119.